The van der Waals surface area contributed by atoms with Crippen molar-refractivity contribution in [3.8, 4) is 22.7 Å². The summed E-state index contributed by atoms with van der Waals surface area (Å²) in [7, 11) is 6.65. The summed E-state index contributed by atoms with van der Waals surface area (Å²) < 4.78 is 30.4. The molecule has 1 aromatic rings. The molecule has 0 saturated heterocycles. The quantitative estimate of drug-likeness (QED) is 0.333. The number of nitrogens with zero attached hydrogens (tertiary/aromatic N) is 2. The number of ether oxygens (including phenoxy) is 6. The van der Waals surface area contributed by atoms with Gasteiger partial charge in [-0.1, -0.05) is 0 Å². The molecular formula is C24H22N2O11. The number of benzene rings is 1. The first-order valence-electron chi connectivity index (χ1n) is 10.4. The summed E-state index contributed by atoms with van der Waals surface area (Å²) in [6.45, 7) is 0. The maximum Gasteiger partial charge on any atom is 0.357 e. The number of hydrogen-bond acceptors (Lipinski definition) is 12. The Morgan fingerprint density at radius 3 is 1.54 bits per heavy atom. The summed E-state index contributed by atoms with van der Waals surface area (Å²) in [5.41, 5.74) is -3.08. The van der Waals surface area contributed by atoms with Crippen molar-refractivity contribution in [2.45, 2.75) is 0 Å². The highest BCUT2D eigenvalue weighted by Gasteiger charge is 2.43. The van der Waals surface area contributed by atoms with Crippen molar-refractivity contribution in [1.82, 2.24) is 9.78 Å². The topological polar surface area (TPSA) is 159 Å². The smallest absolute Gasteiger partial charge is 0.357 e. The number of rotatable bonds is 7. The SMILES string of the molecule is COC(=O)c1c2nn(-c3ccc(OC)cc3)c(C(=O)OC)c(C(=O)OC)c-2c(C(=O)OC)c1C(=O)OC. The number of aromatic nitrogens is 2. The number of methoxy groups -OCH3 is 6. The molecule has 0 N–H and O–H groups in total. The van der Waals surface area contributed by atoms with Crippen LogP contribution in [-0.4, -0.2) is 82.3 Å². The Morgan fingerprint density at radius 2 is 1.05 bits per heavy atom. The molecule has 0 unspecified atom stereocenters. The van der Waals surface area contributed by atoms with E-state index in [0.29, 0.717) is 5.75 Å². The van der Waals surface area contributed by atoms with Gasteiger partial charge in [-0.15, -0.1) is 0 Å². The molecule has 1 heterocycles. The Balaban J connectivity index is 2.71. The van der Waals surface area contributed by atoms with Crippen LogP contribution in [0.15, 0.2) is 24.3 Å². The van der Waals surface area contributed by atoms with Crippen LogP contribution in [0.2, 0.25) is 0 Å². The lowest BCUT2D eigenvalue weighted by molar-refractivity contribution is 0.0538. The van der Waals surface area contributed by atoms with Gasteiger partial charge in [0.2, 0.25) is 0 Å². The molecular weight excluding hydrogens is 492 g/mol. The number of fused-ring (bicyclic) bond motifs is 1. The molecule has 0 radical (unpaired) electrons. The molecule has 2 aliphatic rings. The standard InChI is InChI=1S/C24H22N2O11/c1-32-12-9-7-11(8-10-12)26-19(24(31)37-6)17(23(30)36-5)13-14(20(27)33-2)15(21(28)34-3)16(18(13)25-26)22(29)35-4/h7-10H,1-6H3. The van der Waals surface area contributed by atoms with Gasteiger partial charge in [-0.25, -0.2) is 28.7 Å². The summed E-state index contributed by atoms with van der Waals surface area (Å²) in [6, 6.07) is 6.13. The molecule has 0 aromatic heterocycles. The van der Waals surface area contributed by atoms with Crippen LogP contribution in [0.3, 0.4) is 0 Å². The Kier molecular flexibility index (Phi) is 7.76. The summed E-state index contributed by atoms with van der Waals surface area (Å²) in [5, 5.41) is 4.38. The van der Waals surface area contributed by atoms with Crippen LogP contribution in [0.1, 0.15) is 51.9 Å². The van der Waals surface area contributed by atoms with E-state index in [1.54, 1.807) is 12.1 Å². The zero-order valence-corrected chi connectivity index (χ0v) is 20.7. The van der Waals surface area contributed by atoms with Crippen LogP contribution in [0.25, 0.3) is 16.9 Å². The van der Waals surface area contributed by atoms with E-state index in [9.17, 15) is 24.0 Å². The van der Waals surface area contributed by atoms with Crippen LogP contribution >= 0.6 is 0 Å². The molecule has 0 atom stereocenters. The van der Waals surface area contributed by atoms with Crippen molar-refractivity contribution < 1.29 is 52.4 Å². The van der Waals surface area contributed by atoms with E-state index in [4.69, 9.17) is 28.4 Å². The lowest BCUT2D eigenvalue weighted by Gasteiger charge is -2.19. The van der Waals surface area contributed by atoms with Crippen LogP contribution in [0, 0.1) is 0 Å². The monoisotopic (exact) mass is 514 g/mol. The van der Waals surface area contributed by atoms with Gasteiger partial charge in [-0.05, 0) is 24.3 Å². The molecule has 0 spiro atoms. The van der Waals surface area contributed by atoms with Gasteiger partial charge in [0.15, 0.2) is 5.69 Å². The van der Waals surface area contributed by atoms with Gasteiger partial charge in [0.1, 0.15) is 22.6 Å². The number of hydrogen-bond donors (Lipinski definition) is 0. The minimum absolute atomic E-state index is 0.226. The zero-order valence-electron chi connectivity index (χ0n) is 20.7. The van der Waals surface area contributed by atoms with Crippen LogP contribution in [0.4, 0.5) is 0 Å². The molecule has 1 aliphatic heterocycles. The minimum Gasteiger partial charge on any atom is -0.497 e. The van der Waals surface area contributed by atoms with E-state index < -0.39 is 57.8 Å². The summed E-state index contributed by atoms with van der Waals surface area (Å²) in [6.07, 6.45) is 0. The van der Waals surface area contributed by atoms with Gasteiger partial charge >= 0.3 is 29.8 Å². The molecule has 0 saturated carbocycles. The van der Waals surface area contributed by atoms with Crippen LogP contribution in [-0.2, 0) is 23.7 Å². The largest absolute Gasteiger partial charge is 0.497 e. The normalized spacial score (nSPS) is 10.4. The molecule has 13 heteroatoms. The molecule has 194 valence electrons. The van der Waals surface area contributed by atoms with E-state index in [-0.39, 0.29) is 16.9 Å². The molecule has 0 bridgehead atoms. The average Bonchev–Trinajstić information content (AvgIpc) is 3.28. The zero-order chi connectivity index (χ0) is 27.4. The molecule has 37 heavy (non-hydrogen) atoms. The van der Waals surface area contributed by atoms with Gasteiger partial charge in [0, 0.05) is 5.56 Å². The summed E-state index contributed by atoms with van der Waals surface area (Å²) in [5.74, 6) is -4.98. The van der Waals surface area contributed by atoms with Crippen LogP contribution < -0.4 is 4.74 Å². The van der Waals surface area contributed by atoms with Gasteiger partial charge in [-0.2, -0.15) is 5.10 Å². The Bertz CT molecular complexity index is 1370. The van der Waals surface area contributed by atoms with Gasteiger partial charge in [0.25, 0.3) is 0 Å². The lowest BCUT2D eigenvalue weighted by Crippen LogP contribution is -2.24. The third-order valence-electron chi connectivity index (χ3n) is 5.38. The van der Waals surface area contributed by atoms with Crippen LogP contribution in [0.5, 0.6) is 5.75 Å². The van der Waals surface area contributed by atoms with Gasteiger partial charge in [-0.3, -0.25) is 0 Å². The molecule has 1 aliphatic carbocycles. The summed E-state index contributed by atoms with van der Waals surface area (Å²) >= 11 is 0. The second kappa shape index (κ2) is 10.8. The third kappa shape index (κ3) is 4.42. The molecule has 1 aromatic carbocycles. The predicted molar refractivity (Wildman–Crippen MR) is 123 cm³/mol. The fourth-order valence-electron chi connectivity index (χ4n) is 3.74. The maximum atomic E-state index is 13.1. The Morgan fingerprint density at radius 1 is 0.595 bits per heavy atom. The second-order valence-corrected chi connectivity index (χ2v) is 7.14. The van der Waals surface area contributed by atoms with Crippen molar-refractivity contribution in [2.75, 3.05) is 42.7 Å². The predicted octanol–water partition coefficient (Wildman–Crippen LogP) is 1.92. The Hall–Kier alpha value is -4.94. The summed E-state index contributed by atoms with van der Waals surface area (Å²) in [4.78, 5) is 64.8. The minimum atomic E-state index is -1.12. The van der Waals surface area contributed by atoms with Crippen molar-refractivity contribution in [1.29, 1.82) is 0 Å². The van der Waals surface area contributed by atoms with Crippen molar-refractivity contribution >= 4 is 29.8 Å². The van der Waals surface area contributed by atoms with Crippen molar-refractivity contribution in [3.63, 3.8) is 0 Å². The maximum absolute atomic E-state index is 13.1. The van der Waals surface area contributed by atoms with Gasteiger partial charge < -0.3 is 28.4 Å². The molecule has 3 rings (SSSR count). The first-order valence-corrected chi connectivity index (χ1v) is 10.4. The van der Waals surface area contributed by atoms with E-state index in [1.165, 1.54) is 19.2 Å². The Labute approximate surface area is 210 Å². The van der Waals surface area contributed by atoms with E-state index in [0.717, 1.165) is 40.2 Å². The number of esters is 5. The first kappa shape index (κ1) is 26.7. The average molecular weight is 514 g/mol. The highest BCUT2D eigenvalue weighted by atomic mass is 16.5. The lowest BCUT2D eigenvalue weighted by atomic mass is 10.00. The van der Waals surface area contributed by atoms with E-state index >= 15 is 0 Å². The molecule has 0 amide bonds. The second-order valence-electron chi connectivity index (χ2n) is 7.14. The van der Waals surface area contributed by atoms with E-state index in [2.05, 4.69) is 5.10 Å². The fourth-order valence-corrected chi connectivity index (χ4v) is 3.74. The van der Waals surface area contributed by atoms with Crippen molar-refractivity contribution in [2.24, 2.45) is 0 Å². The van der Waals surface area contributed by atoms with E-state index in [1.807, 2.05) is 0 Å². The highest BCUT2D eigenvalue weighted by Crippen LogP contribution is 2.41. The fraction of sp³-hybridized carbons (Fsp3) is 0.250. The molecule has 0 fully saturated rings. The third-order valence-corrected chi connectivity index (χ3v) is 5.38. The number of carbonyl (C=O) groups is 5. The van der Waals surface area contributed by atoms with Crippen molar-refractivity contribution in [3.05, 3.63) is 52.2 Å². The number of carbonyl (C=O) groups excluding carboxylic acids is 5. The molecule has 13 nitrogen and oxygen atoms in total. The first-order chi connectivity index (χ1) is 17.7. The van der Waals surface area contributed by atoms with Gasteiger partial charge in [0.05, 0.1) is 59.5 Å². The highest BCUT2D eigenvalue weighted by molar-refractivity contribution is 6.22.